The van der Waals surface area contributed by atoms with Crippen molar-refractivity contribution in [1.82, 2.24) is 10.2 Å². The Kier molecular flexibility index (Phi) is 3.13. The van der Waals surface area contributed by atoms with Crippen molar-refractivity contribution in [1.29, 1.82) is 0 Å². The third-order valence-corrected chi connectivity index (χ3v) is 4.85. The van der Waals surface area contributed by atoms with Crippen LogP contribution in [0.3, 0.4) is 0 Å². The maximum atomic E-state index is 12.3. The van der Waals surface area contributed by atoms with Gasteiger partial charge in [0, 0.05) is 25.5 Å². The molecule has 7 heteroatoms. The molecule has 0 fully saturated rings. The predicted molar refractivity (Wildman–Crippen MR) is 77.4 cm³/mol. The van der Waals surface area contributed by atoms with Crippen molar-refractivity contribution in [2.24, 2.45) is 0 Å². The van der Waals surface area contributed by atoms with Gasteiger partial charge in [0.25, 0.3) is 10.0 Å². The van der Waals surface area contributed by atoms with Gasteiger partial charge in [0.1, 0.15) is 0 Å². The fourth-order valence-electron chi connectivity index (χ4n) is 2.43. The number of fused-ring (bicyclic) bond motifs is 1. The molecular weight excluding hydrogens is 276 g/mol. The number of aromatic nitrogens is 2. The summed E-state index contributed by atoms with van der Waals surface area (Å²) in [4.78, 5) is 2.36. The maximum absolute atomic E-state index is 12.3. The molecule has 6 nitrogen and oxygen atoms in total. The van der Waals surface area contributed by atoms with Crippen LogP contribution in [0.5, 0.6) is 0 Å². The Morgan fingerprint density at radius 2 is 2.25 bits per heavy atom. The fourth-order valence-corrected chi connectivity index (χ4v) is 3.48. The third kappa shape index (κ3) is 2.36. The highest BCUT2D eigenvalue weighted by Gasteiger charge is 2.20. The quantitative estimate of drug-likeness (QED) is 0.900. The van der Waals surface area contributed by atoms with Gasteiger partial charge in [-0.05, 0) is 30.5 Å². The first kappa shape index (κ1) is 13.0. The lowest BCUT2D eigenvalue weighted by molar-refractivity contribution is 0.601. The van der Waals surface area contributed by atoms with Gasteiger partial charge in [-0.15, -0.1) is 0 Å². The molecule has 20 heavy (non-hydrogen) atoms. The molecule has 2 aromatic rings. The van der Waals surface area contributed by atoms with Gasteiger partial charge in [-0.3, -0.25) is 9.82 Å². The first-order valence-corrected chi connectivity index (χ1v) is 7.90. The molecule has 1 aliphatic rings. The molecule has 1 aromatic carbocycles. The Balaban J connectivity index is 1.96. The summed E-state index contributed by atoms with van der Waals surface area (Å²) in [5.74, 6) is 0. The minimum Gasteiger partial charge on any atom is -0.374 e. The van der Waals surface area contributed by atoms with Crippen LogP contribution in [0.1, 0.15) is 12.0 Å². The summed E-state index contributed by atoms with van der Waals surface area (Å²) in [5.41, 5.74) is 2.61. The van der Waals surface area contributed by atoms with Gasteiger partial charge in [0.05, 0.1) is 16.8 Å². The Morgan fingerprint density at radius 3 is 3.00 bits per heavy atom. The summed E-state index contributed by atoms with van der Waals surface area (Å²) >= 11 is 0. The molecule has 1 aliphatic heterocycles. The van der Waals surface area contributed by atoms with Gasteiger partial charge in [-0.1, -0.05) is 6.07 Å². The molecule has 0 amide bonds. The van der Waals surface area contributed by atoms with Crippen molar-refractivity contribution >= 4 is 21.4 Å². The molecule has 0 saturated carbocycles. The molecule has 0 saturated heterocycles. The highest BCUT2D eigenvalue weighted by molar-refractivity contribution is 7.92. The lowest BCUT2D eigenvalue weighted by atomic mass is 10.0. The Bertz CT molecular complexity index is 710. The molecule has 0 spiro atoms. The van der Waals surface area contributed by atoms with Crippen LogP contribution in [0.15, 0.2) is 35.5 Å². The number of benzene rings is 1. The smallest absolute Gasteiger partial charge is 0.262 e. The number of nitrogens with one attached hydrogen (secondary N) is 2. The highest BCUT2D eigenvalue weighted by Crippen LogP contribution is 2.29. The monoisotopic (exact) mass is 292 g/mol. The number of aryl methyl sites for hydroxylation is 1. The lowest BCUT2D eigenvalue weighted by Crippen LogP contribution is -2.25. The van der Waals surface area contributed by atoms with Crippen molar-refractivity contribution in [2.45, 2.75) is 17.7 Å². The van der Waals surface area contributed by atoms with E-state index in [9.17, 15) is 8.42 Å². The Hall–Kier alpha value is -2.02. The van der Waals surface area contributed by atoms with Crippen LogP contribution >= 0.6 is 0 Å². The van der Waals surface area contributed by atoms with Gasteiger partial charge in [-0.2, -0.15) is 5.10 Å². The number of hydrogen-bond donors (Lipinski definition) is 2. The van der Waals surface area contributed by atoms with Crippen LogP contribution in [0, 0.1) is 0 Å². The average Bonchev–Trinajstić information content (AvgIpc) is 2.91. The molecule has 2 N–H and O–H groups in total. The Labute approximate surface area is 117 Å². The average molecular weight is 292 g/mol. The molecular formula is C13H16N4O2S. The van der Waals surface area contributed by atoms with E-state index in [0.717, 1.165) is 25.1 Å². The maximum Gasteiger partial charge on any atom is 0.262 e. The van der Waals surface area contributed by atoms with Crippen molar-refractivity contribution < 1.29 is 8.42 Å². The highest BCUT2D eigenvalue weighted by atomic mass is 32.2. The first-order chi connectivity index (χ1) is 9.56. The second kappa shape index (κ2) is 4.82. The second-order valence-corrected chi connectivity index (χ2v) is 6.59. The lowest BCUT2D eigenvalue weighted by Gasteiger charge is -2.27. The number of hydrogen-bond acceptors (Lipinski definition) is 4. The van der Waals surface area contributed by atoms with E-state index in [1.807, 2.05) is 13.1 Å². The number of anilines is 2. The summed E-state index contributed by atoms with van der Waals surface area (Å²) in [7, 11) is -1.59. The third-order valence-electron chi connectivity index (χ3n) is 3.47. The summed E-state index contributed by atoms with van der Waals surface area (Å²) in [6.07, 6.45) is 5.03. The second-order valence-electron chi connectivity index (χ2n) is 4.91. The van der Waals surface area contributed by atoms with E-state index in [0.29, 0.717) is 5.69 Å². The van der Waals surface area contributed by atoms with Crippen LogP contribution in [-0.4, -0.2) is 32.2 Å². The van der Waals surface area contributed by atoms with Gasteiger partial charge in [-0.25, -0.2) is 8.42 Å². The molecule has 106 valence electrons. The number of aromatic amines is 1. The zero-order valence-electron chi connectivity index (χ0n) is 11.1. The largest absolute Gasteiger partial charge is 0.374 e. The Morgan fingerprint density at radius 1 is 1.40 bits per heavy atom. The van der Waals surface area contributed by atoms with E-state index in [-0.39, 0.29) is 4.90 Å². The zero-order chi connectivity index (χ0) is 14.2. The van der Waals surface area contributed by atoms with Crippen LogP contribution in [0.2, 0.25) is 0 Å². The number of H-pyrrole nitrogens is 1. The number of nitrogens with zero attached hydrogens (tertiary/aromatic N) is 2. The summed E-state index contributed by atoms with van der Waals surface area (Å²) in [6.45, 7) is 0.950. The zero-order valence-corrected chi connectivity index (χ0v) is 11.9. The van der Waals surface area contributed by atoms with Crippen LogP contribution < -0.4 is 9.62 Å². The standard InChI is InChI=1S/C13H16N4O2S/c1-17-6-2-3-10-4-5-12(7-13(10)17)20(18,19)16-11-8-14-15-9-11/h4-5,7-9,16H,2-3,6H2,1H3,(H,14,15). The normalized spacial score (nSPS) is 14.9. The minimum atomic E-state index is -3.58. The molecule has 0 atom stereocenters. The predicted octanol–water partition coefficient (Wildman–Crippen LogP) is 1.59. The van der Waals surface area contributed by atoms with Gasteiger partial charge < -0.3 is 4.90 Å². The minimum absolute atomic E-state index is 0.270. The number of sulfonamides is 1. The van der Waals surface area contributed by atoms with E-state index >= 15 is 0 Å². The van der Waals surface area contributed by atoms with E-state index < -0.39 is 10.0 Å². The SMILES string of the molecule is CN1CCCc2ccc(S(=O)(=O)Nc3cn[nH]c3)cc21. The van der Waals surface area contributed by atoms with Crippen molar-refractivity contribution in [2.75, 3.05) is 23.2 Å². The summed E-state index contributed by atoms with van der Waals surface area (Å²) in [6, 6.07) is 5.28. The molecule has 0 bridgehead atoms. The molecule has 0 aliphatic carbocycles. The summed E-state index contributed by atoms with van der Waals surface area (Å²) in [5, 5.41) is 6.30. The van der Waals surface area contributed by atoms with Crippen LogP contribution in [0.4, 0.5) is 11.4 Å². The molecule has 2 heterocycles. The molecule has 1 aromatic heterocycles. The van der Waals surface area contributed by atoms with Gasteiger partial charge >= 0.3 is 0 Å². The molecule has 0 unspecified atom stereocenters. The summed E-state index contributed by atoms with van der Waals surface area (Å²) < 4.78 is 27.1. The van der Waals surface area contributed by atoms with Gasteiger partial charge in [0.2, 0.25) is 0 Å². The topological polar surface area (TPSA) is 78.1 Å². The van der Waals surface area contributed by atoms with E-state index in [2.05, 4.69) is 19.8 Å². The van der Waals surface area contributed by atoms with Crippen LogP contribution in [-0.2, 0) is 16.4 Å². The molecule has 3 rings (SSSR count). The molecule has 0 radical (unpaired) electrons. The van der Waals surface area contributed by atoms with Crippen molar-refractivity contribution in [3.05, 3.63) is 36.2 Å². The van der Waals surface area contributed by atoms with Crippen molar-refractivity contribution in [3.63, 3.8) is 0 Å². The van der Waals surface area contributed by atoms with Gasteiger partial charge in [0.15, 0.2) is 0 Å². The van der Waals surface area contributed by atoms with E-state index in [1.54, 1.807) is 12.1 Å². The van der Waals surface area contributed by atoms with E-state index in [1.165, 1.54) is 18.0 Å². The first-order valence-electron chi connectivity index (χ1n) is 6.42. The van der Waals surface area contributed by atoms with Crippen molar-refractivity contribution in [3.8, 4) is 0 Å². The fraction of sp³-hybridized carbons (Fsp3) is 0.308. The number of rotatable bonds is 3. The van der Waals surface area contributed by atoms with E-state index in [4.69, 9.17) is 0 Å². The van der Waals surface area contributed by atoms with Crippen LogP contribution in [0.25, 0.3) is 0 Å².